The van der Waals surface area contributed by atoms with Gasteiger partial charge >= 0.3 is 6.03 Å². The van der Waals surface area contributed by atoms with E-state index in [0.717, 1.165) is 6.42 Å². The van der Waals surface area contributed by atoms with E-state index in [1.54, 1.807) is 47.6 Å². The van der Waals surface area contributed by atoms with E-state index in [0.29, 0.717) is 34.3 Å². The zero-order chi connectivity index (χ0) is 21.6. The van der Waals surface area contributed by atoms with E-state index in [9.17, 15) is 14.4 Å². The van der Waals surface area contributed by atoms with Crippen LogP contribution in [0.25, 0.3) is 0 Å². The van der Waals surface area contributed by atoms with Crippen LogP contribution in [0.3, 0.4) is 0 Å². The fraction of sp³-hybridized carbons (Fsp3) is 0.227. The van der Waals surface area contributed by atoms with Gasteiger partial charge in [0.25, 0.3) is 5.91 Å². The first kappa shape index (κ1) is 20.7. The Hall–Kier alpha value is -3.59. The lowest BCUT2D eigenvalue weighted by atomic mass is 10.2. The second-order valence-corrected chi connectivity index (χ2v) is 8.15. The van der Waals surface area contributed by atoms with Crippen LogP contribution in [0.5, 0.6) is 0 Å². The van der Waals surface area contributed by atoms with Gasteiger partial charge in [0.1, 0.15) is 11.8 Å². The molecule has 9 heteroatoms. The number of benzene rings is 1. The molecule has 31 heavy (non-hydrogen) atoms. The Kier molecular flexibility index (Phi) is 6.32. The molecule has 0 spiro atoms. The van der Waals surface area contributed by atoms with Crippen molar-refractivity contribution in [3.05, 3.63) is 71.5 Å². The van der Waals surface area contributed by atoms with E-state index in [4.69, 9.17) is 4.42 Å². The zero-order valence-corrected chi connectivity index (χ0v) is 17.5. The Balaban J connectivity index is 1.34. The normalized spacial score (nSPS) is 15.5. The molecule has 1 aliphatic rings. The van der Waals surface area contributed by atoms with E-state index >= 15 is 0 Å². The highest BCUT2D eigenvalue weighted by atomic mass is 32.1. The van der Waals surface area contributed by atoms with Crippen LogP contribution in [0, 0.1) is 0 Å². The van der Waals surface area contributed by atoms with Crippen molar-refractivity contribution in [3.8, 4) is 0 Å². The van der Waals surface area contributed by atoms with Crippen LogP contribution in [-0.4, -0.2) is 35.3 Å². The molecule has 1 aromatic carbocycles. The molecule has 3 heterocycles. The van der Waals surface area contributed by atoms with Gasteiger partial charge in [-0.25, -0.2) is 4.79 Å². The summed E-state index contributed by atoms with van der Waals surface area (Å²) in [5, 5.41) is 8.85. The summed E-state index contributed by atoms with van der Waals surface area (Å²) in [5.74, 6) is 0.253. The number of likely N-dealkylation sites (tertiary alicyclic amines) is 1. The Morgan fingerprint density at radius 2 is 1.87 bits per heavy atom. The van der Waals surface area contributed by atoms with Gasteiger partial charge in [-0.05, 0) is 49.2 Å². The van der Waals surface area contributed by atoms with Gasteiger partial charge in [0.05, 0.1) is 22.7 Å². The summed E-state index contributed by atoms with van der Waals surface area (Å²) in [4.78, 5) is 39.8. The van der Waals surface area contributed by atoms with Crippen molar-refractivity contribution >= 4 is 39.9 Å². The minimum atomic E-state index is -0.512. The minimum Gasteiger partial charge on any atom is -0.467 e. The average molecular weight is 439 g/mol. The van der Waals surface area contributed by atoms with Crippen LogP contribution < -0.4 is 16.0 Å². The standard InChI is InChI=1S/C22H22N4O4S/c27-20(23-14-16-8-5-13-30-16)17-9-4-12-26(17)21(28)18-10-11-19(31-18)25-22(29)24-15-6-2-1-3-7-15/h1-3,5-8,10-11,13,17H,4,9,12,14H2,(H,23,27)(H2,24,25,29). The Labute approximate surface area is 183 Å². The predicted octanol–water partition coefficient (Wildman–Crippen LogP) is 3.91. The molecule has 0 bridgehead atoms. The molecule has 1 unspecified atom stereocenters. The van der Waals surface area contributed by atoms with Gasteiger partial charge in [-0.1, -0.05) is 18.2 Å². The molecule has 0 aliphatic carbocycles. The van der Waals surface area contributed by atoms with Crippen LogP contribution in [0.4, 0.5) is 15.5 Å². The van der Waals surface area contributed by atoms with E-state index in [2.05, 4.69) is 16.0 Å². The molecular formula is C22H22N4O4S. The van der Waals surface area contributed by atoms with Crippen molar-refractivity contribution < 1.29 is 18.8 Å². The van der Waals surface area contributed by atoms with Crippen molar-refractivity contribution in [1.29, 1.82) is 0 Å². The molecule has 4 rings (SSSR count). The number of hydrogen-bond acceptors (Lipinski definition) is 5. The van der Waals surface area contributed by atoms with Gasteiger partial charge in [0, 0.05) is 12.2 Å². The van der Waals surface area contributed by atoms with E-state index in [1.165, 1.54) is 11.3 Å². The number of nitrogens with zero attached hydrogens (tertiary/aromatic N) is 1. The summed E-state index contributed by atoms with van der Waals surface area (Å²) in [6.07, 6.45) is 2.93. The van der Waals surface area contributed by atoms with E-state index in [1.807, 2.05) is 18.2 Å². The second kappa shape index (κ2) is 9.48. The van der Waals surface area contributed by atoms with Crippen molar-refractivity contribution in [2.75, 3.05) is 17.2 Å². The largest absolute Gasteiger partial charge is 0.467 e. The van der Waals surface area contributed by atoms with Gasteiger partial charge in [-0.15, -0.1) is 11.3 Å². The van der Waals surface area contributed by atoms with Gasteiger partial charge in [-0.3, -0.25) is 14.9 Å². The molecule has 0 radical (unpaired) electrons. The fourth-order valence-corrected chi connectivity index (χ4v) is 4.30. The van der Waals surface area contributed by atoms with Crippen LogP contribution in [-0.2, 0) is 11.3 Å². The summed E-state index contributed by atoms with van der Waals surface area (Å²) in [7, 11) is 0. The third kappa shape index (κ3) is 5.13. The van der Waals surface area contributed by atoms with Crippen LogP contribution in [0.2, 0.25) is 0 Å². The Morgan fingerprint density at radius 1 is 1.03 bits per heavy atom. The van der Waals surface area contributed by atoms with Gasteiger partial charge in [0.15, 0.2) is 0 Å². The summed E-state index contributed by atoms with van der Waals surface area (Å²) >= 11 is 1.18. The molecule has 1 saturated heterocycles. The lowest BCUT2D eigenvalue weighted by molar-refractivity contribution is -0.125. The Bertz CT molecular complexity index is 1050. The summed E-state index contributed by atoms with van der Waals surface area (Å²) < 4.78 is 5.23. The maximum Gasteiger partial charge on any atom is 0.324 e. The fourth-order valence-electron chi connectivity index (χ4n) is 3.44. The molecule has 1 aliphatic heterocycles. The molecule has 8 nitrogen and oxygen atoms in total. The number of carbonyl (C=O) groups is 3. The Morgan fingerprint density at radius 3 is 2.65 bits per heavy atom. The minimum absolute atomic E-state index is 0.195. The first-order valence-electron chi connectivity index (χ1n) is 9.94. The highest BCUT2D eigenvalue weighted by molar-refractivity contribution is 7.18. The third-order valence-electron chi connectivity index (χ3n) is 4.92. The summed E-state index contributed by atoms with van der Waals surface area (Å²) in [6, 6.07) is 15.1. The first-order chi connectivity index (χ1) is 15.1. The highest BCUT2D eigenvalue weighted by Crippen LogP contribution is 2.27. The number of hydrogen-bond donors (Lipinski definition) is 3. The molecule has 3 aromatic rings. The summed E-state index contributed by atoms with van der Waals surface area (Å²) in [5.41, 5.74) is 0.674. The lowest BCUT2D eigenvalue weighted by Gasteiger charge is -2.23. The number of carbonyl (C=O) groups excluding carboxylic acids is 3. The molecular weight excluding hydrogens is 416 g/mol. The number of thiophene rings is 1. The van der Waals surface area contributed by atoms with E-state index < -0.39 is 6.04 Å². The molecule has 1 fully saturated rings. The van der Waals surface area contributed by atoms with Gasteiger partial charge < -0.3 is 20.0 Å². The SMILES string of the molecule is O=C(Nc1ccccc1)Nc1ccc(C(=O)N2CCCC2C(=O)NCc2ccco2)s1. The van der Waals surface area contributed by atoms with Crippen LogP contribution >= 0.6 is 11.3 Å². The zero-order valence-electron chi connectivity index (χ0n) is 16.7. The number of nitrogens with one attached hydrogen (secondary N) is 3. The molecule has 1 atom stereocenters. The monoisotopic (exact) mass is 438 g/mol. The van der Waals surface area contributed by atoms with Gasteiger partial charge in [-0.2, -0.15) is 0 Å². The first-order valence-corrected chi connectivity index (χ1v) is 10.8. The predicted molar refractivity (Wildman–Crippen MR) is 118 cm³/mol. The highest BCUT2D eigenvalue weighted by Gasteiger charge is 2.35. The van der Waals surface area contributed by atoms with Gasteiger partial charge in [0.2, 0.25) is 5.91 Å². The smallest absolute Gasteiger partial charge is 0.324 e. The second-order valence-electron chi connectivity index (χ2n) is 7.06. The summed E-state index contributed by atoms with van der Waals surface area (Å²) in [6.45, 7) is 0.806. The quantitative estimate of drug-likeness (QED) is 0.543. The number of para-hydroxylation sites is 1. The molecule has 3 N–H and O–H groups in total. The molecule has 4 amide bonds. The van der Waals surface area contributed by atoms with E-state index in [-0.39, 0.29) is 24.4 Å². The van der Waals surface area contributed by atoms with Crippen molar-refractivity contribution in [2.24, 2.45) is 0 Å². The molecule has 2 aromatic heterocycles. The van der Waals surface area contributed by atoms with Crippen molar-refractivity contribution in [3.63, 3.8) is 0 Å². The third-order valence-corrected chi connectivity index (χ3v) is 5.91. The number of urea groups is 1. The number of furan rings is 1. The average Bonchev–Trinajstić information content (AvgIpc) is 3.54. The molecule has 160 valence electrons. The lowest BCUT2D eigenvalue weighted by Crippen LogP contribution is -2.45. The number of anilines is 2. The molecule has 0 saturated carbocycles. The number of rotatable bonds is 6. The topological polar surface area (TPSA) is 104 Å². The maximum absolute atomic E-state index is 13.0. The number of amides is 4. The van der Waals surface area contributed by atoms with Crippen LogP contribution in [0.1, 0.15) is 28.3 Å². The van der Waals surface area contributed by atoms with Crippen LogP contribution in [0.15, 0.2) is 65.3 Å². The van der Waals surface area contributed by atoms with Crippen molar-refractivity contribution in [1.82, 2.24) is 10.2 Å². The maximum atomic E-state index is 13.0. The van der Waals surface area contributed by atoms with Crippen molar-refractivity contribution in [2.45, 2.75) is 25.4 Å².